The summed E-state index contributed by atoms with van der Waals surface area (Å²) < 4.78 is 20.1. The number of aromatic nitrogens is 2. The van der Waals surface area contributed by atoms with Gasteiger partial charge < -0.3 is 19.2 Å². The van der Waals surface area contributed by atoms with Gasteiger partial charge in [0, 0.05) is 36.0 Å². The fourth-order valence-electron chi connectivity index (χ4n) is 4.22. The molecule has 10 nitrogen and oxygen atoms in total. The van der Waals surface area contributed by atoms with Crippen molar-refractivity contribution in [2.75, 3.05) is 18.2 Å². The number of nitrogens with one attached hydrogen (secondary N) is 2. The zero-order chi connectivity index (χ0) is 30.7. The average molecular weight is 624 g/mol. The fraction of sp³-hybridized carbons (Fsp3) is 0.571. The predicted molar refractivity (Wildman–Crippen MR) is 167 cm³/mol. The molecule has 2 heterocycles. The van der Waals surface area contributed by atoms with E-state index >= 15 is 0 Å². The Morgan fingerprint density at radius 2 is 1.95 bits per heavy atom. The number of anilines is 1. The molecule has 1 amide bonds. The average Bonchev–Trinajstić information content (AvgIpc) is 3.26. The van der Waals surface area contributed by atoms with Crippen LogP contribution in [0.25, 0.3) is 0 Å². The van der Waals surface area contributed by atoms with E-state index in [-0.39, 0.29) is 29.2 Å². The first kappa shape index (κ1) is 33.2. The standard InChI is InChI=1S/C28H41N3O7S2Si/c1-16-14-31(27(35)30-25(16)33)24-13-22(23(37-24)15-36-41(8,9)28(4,5)6)38-26(34)20-11-10-19(29-18(3)32)12-21(20)17(2)40-39-7/h10-12,14,17,22-24H,13,15H2,1-9H3,(H,29,32)(H,30,33,35)/t17?,22?,23-,24-/m1/s1. The minimum atomic E-state index is -2.16. The van der Waals surface area contributed by atoms with E-state index in [1.54, 1.807) is 46.7 Å². The monoisotopic (exact) mass is 623 g/mol. The van der Waals surface area contributed by atoms with Gasteiger partial charge in [-0.25, -0.2) is 9.59 Å². The summed E-state index contributed by atoms with van der Waals surface area (Å²) in [7, 11) is 1.00. The third-order valence-corrected chi connectivity index (χ3v) is 14.3. The van der Waals surface area contributed by atoms with Crippen molar-refractivity contribution in [1.82, 2.24) is 9.55 Å². The number of benzene rings is 1. The second-order valence-electron chi connectivity index (χ2n) is 11.7. The van der Waals surface area contributed by atoms with E-state index < -0.39 is 44.0 Å². The Hall–Kier alpha value is -2.32. The summed E-state index contributed by atoms with van der Waals surface area (Å²) in [6, 6.07) is 5.12. The lowest BCUT2D eigenvalue weighted by atomic mass is 10.0. The molecular formula is C28H41N3O7S2Si. The summed E-state index contributed by atoms with van der Waals surface area (Å²) in [4.78, 5) is 52.2. The highest BCUT2D eigenvalue weighted by Gasteiger charge is 2.43. The Kier molecular flexibility index (Phi) is 10.8. The van der Waals surface area contributed by atoms with Crippen molar-refractivity contribution in [3.8, 4) is 0 Å². The van der Waals surface area contributed by atoms with Crippen LogP contribution in [-0.4, -0.2) is 54.8 Å². The Morgan fingerprint density at radius 3 is 2.56 bits per heavy atom. The lowest BCUT2D eigenvalue weighted by Gasteiger charge is -2.37. The minimum Gasteiger partial charge on any atom is -0.456 e. The van der Waals surface area contributed by atoms with Gasteiger partial charge in [-0.1, -0.05) is 42.4 Å². The van der Waals surface area contributed by atoms with Gasteiger partial charge in [0.2, 0.25) is 5.91 Å². The highest BCUT2D eigenvalue weighted by Crippen LogP contribution is 2.40. The molecule has 1 aromatic carbocycles. The summed E-state index contributed by atoms with van der Waals surface area (Å²) in [6.45, 7) is 15.9. The lowest BCUT2D eigenvalue weighted by molar-refractivity contribution is -0.114. The number of carbonyl (C=O) groups is 2. The zero-order valence-corrected chi connectivity index (χ0v) is 27.8. The van der Waals surface area contributed by atoms with E-state index in [0.29, 0.717) is 16.8 Å². The van der Waals surface area contributed by atoms with Gasteiger partial charge in [-0.2, -0.15) is 0 Å². The smallest absolute Gasteiger partial charge is 0.338 e. The molecule has 0 saturated carbocycles. The van der Waals surface area contributed by atoms with Crippen LogP contribution in [0.4, 0.5) is 5.69 Å². The maximum Gasteiger partial charge on any atom is 0.338 e. The van der Waals surface area contributed by atoms with Gasteiger partial charge in [0.1, 0.15) is 18.4 Å². The highest BCUT2D eigenvalue weighted by atomic mass is 33.1. The summed E-state index contributed by atoms with van der Waals surface area (Å²) in [6.07, 6.45) is 1.54. The van der Waals surface area contributed by atoms with Crippen LogP contribution in [0, 0.1) is 6.92 Å². The number of carbonyl (C=O) groups excluding carboxylic acids is 2. The molecule has 0 aliphatic carbocycles. The number of esters is 1. The molecule has 1 aliphatic rings. The normalized spacial score (nSPS) is 20.1. The van der Waals surface area contributed by atoms with Crippen LogP contribution >= 0.6 is 21.6 Å². The molecular weight excluding hydrogens is 583 g/mol. The molecule has 4 atom stereocenters. The van der Waals surface area contributed by atoms with E-state index in [1.807, 2.05) is 13.2 Å². The number of hydrogen-bond donors (Lipinski definition) is 2. The van der Waals surface area contributed by atoms with Gasteiger partial charge in [-0.05, 0) is 62.0 Å². The predicted octanol–water partition coefficient (Wildman–Crippen LogP) is 5.41. The quantitative estimate of drug-likeness (QED) is 0.203. The molecule has 0 radical (unpaired) electrons. The Bertz CT molecular complexity index is 1390. The van der Waals surface area contributed by atoms with Crippen molar-refractivity contribution in [2.24, 2.45) is 0 Å². The molecule has 0 bridgehead atoms. The molecule has 2 aromatic rings. The summed E-state index contributed by atoms with van der Waals surface area (Å²) in [5.41, 5.74) is 1.02. The van der Waals surface area contributed by atoms with Gasteiger partial charge in [-0.15, -0.1) is 0 Å². The van der Waals surface area contributed by atoms with Crippen molar-refractivity contribution in [3.63, 3.8) is 0 Å². The van der Waals surface area contributed by atoms with Gasteiger partial charge in [0.25, 0.3) is 5.56 Å². The Balaban J connectivity index is 1.93. The summed E-state index contributed by atoms with van der Waals surface area (Å²) in [5, 5.41) is 2.67. The molecule has 1 fully saturated rings. The Labute approximate surface area is 249 Å². The van der Waals surface area contributed by atoms with Crippen LogP contribution in [0.5, 0.6) is 0 Å². The van der Waals surface area contributed by atoms with Gasteiger partial charge >= 0.3 is 11.7 Å². The maximum atomic E-state index is 13.6. The van der Waals surface area contributed by atoms with Crippen molar-refractivity contribution in [3.05, 3.63) is 61.9 Å². The second-order valence-corrected chi connectivity index (χ2v) is 19.4. The fourth-order valence-corrected chi connectivity index (χ4v) is 6.99. The van der Waals surface area contributed by atoms with Crippen LogP contribution in [0.15, 0.2) is 34.0 Å². The lowest BCUT2D eigenvalue weighted by Crippen LogP contribution is -2.44. The van der Waals surface area contributed by atoms with E-state index in [9.17, 15) is 19.2 Å². The van der Waals surface area contributed by atoms with E-state index in [1.165, 1.54) is 17.7 Å². The van der Waals surface area contributed by atoms with Crippen LogP contribution in [0.2, 0.25) is 18.1 Å². The van der Waals surface area contributed by atoms with E-state index in [4.69, 9.17) is 13.9 Å². The number of hydrogen-bond acceptors (Lipinski definition) is 9. The first-order valence-electron chi connectivity index (χ1n) is 13.5. The van der Waals surface area contributed by atoms with Crippen LogP contribution in [0.1, 0.15) is 74.0 Å². The number of ether oxygens (including phenoxy) is 2. The van der Waals surface area contributed by atoms with Crippen LogP contribution < -0.4 is 16.6 Å². The maximum absolute atomic E-state index is 13.6. The van der Waals surface area contributed by atoms with E-state index in [2.05, 4.69) is 44.2 Å². The van der Waals surface area contributed by atoms with Gasteiger partial charge in [-0.3, -0.25) is 19.1 Å². The number of aromatic amines is 1. The number of rotatable bonds is 10. The van der Waals surface area contributed by atoms with E-state index in [0.717, 1.165) is 5.56 Å². The molecule has 41 heavy (non-hydrogen) atoms. The molecule has 226 valence electrons. The molecule has 3 rings (SSSR count). The molecule has 1 saturated heterocycles. The number of H-pyrrole nitrogens is 1. The number of aryl methyl sites for hydroxylation is 1. The second kappa shape index (κ2) is 13.3. The zero-order valence-electron chi connectivity index (χ0n) is 25.2. The topological polar surface area (TPSA) is 129 Å². The molecule has 0 spiro atoms. The van der Waals surface area contributed by atoms with Crippen molar-refractivity contribution in [1.29, 1.82) is 0 Å². The summed E-state index contributed by atoms with van der Waals surface area (Å²) >= 11 is 0. The van der Waals surface area contributed by atoms with Crippen LogP contribution in [0.3, 0.4) is 0 Å². The van der Waals surface area contributed by atoms with Crippen molar-refractivity contribution < 1.29 is 23.5 Å². The first-order valence-corrected chi connectivity index (χ1v) is 19.0. The first-order chi connectivity index (χ1) is 19.0. The van der Waals surface area contributed by atoms with Crippen molar-refractivity contribution >= 4 is 47.5 Å². The third kappa shape index (κ3) is 8.16. The molecule has 2 N–H and O–H groups in total. The molecule has 2 unspecified atom stereocenters. The van der Waals surface area contributed by atoms with Crippen LogP contribution in [-0.2, 0) is 18.7 Å². The third-order valence-electron chi connectivity index (χ3n) is 7.58. The largest absolute Gasteiger partial charge is 0.456 e. The molecule has 1 aliphatic heterocycles. The summed E-state index contributed by atoms with van der Waals surface area (Å²) in [5.74, 6) is -0.734. The number of amides is 1. The highest BCUT2D eigenvalue weighted by molar-refractivity contribution is 8.76. The Morgan fingerprint density at radius 1 is 1.27 bits per heavy atom. The van der Waals surface area contributed by atoms with Gasteiger partial charge in [0.15, 0.2) is 8.32 Å². The molecule has 13 heteroatoms. The molecule has 1 aromatic heterocycles. The minimum absolute atomic E-state index is 0.0419. The van der Waals surface area contributed by atoms with Crippen molar-refractivity contribution in [2.45, 2.75) is 89.8 Å². The number of nitrogens with zero attached hydrogens (tertiary/aromatic N) is 1. The van der Waals surface area contributed by atoms with Gasteiger partial charge in [0.05, 0.1) is 12.2 Å². The SMILES string of the molecule is CSSC(C)c1cc(NC(C)=O)ccc1C(=O)OC1C[C@H](n2cc(C)c(=O)[nH]c2=O)O[C@@H]1CO[Si](C)(C)C(C)(C)C.